The molecule has 5 rings (SSSR count). The van der Waals surface area contributed by atoms with Gasteiger partial charge in [0, 0.05) is 16.8 Å². The quantitative estimate of drug-likeness (QED) is 0.386. The number of aryl methyl sites for hydroxylation is 1. The highest BCUT2D eigenvalue weighted by atomic mass is 32.2. The molecule has 4 aromatic rings. The molecule has 0 bridgehead atoms. The van der Waals surface area contributed by atoms with E-state index in [1.807, 2.05) is 12.3 Å². The maximum absolute atomic E-state index is 12.8. The molecule has 0 spiro atoms. The van der Waals surface area contributed by atoms with Crippen LogP contribution in [-0.2, 0) is 10.0 Å². The van der Waals surface area contributed by atoms with Crippen LogP contribution >= 0.6 is 22.7 Å². The van der Waals surface area contributed by atoms with E-state index in [9.17, 15) is 8.42 Å². The van der Waals surface area contributed by atoms with Crippen LogP contribution < -0.4 is 14.9 Å². The van der Waals surface area contributed by atoms with Gasteiger partial charge in [-0.1, -0.05) is 0 Å². The lowest BCUT2D eigenvalue weighted by molar-refractivity contribution is 0.577. The van der Waals surface area contributed by atoms with Crippen molar-refractivity contribution in [1.29, 1.82) is 5.41 Å². The molecule has 31 heavy (non-hydrogen) atoms. The number of rotatable bonds is 5. The first-order valence-corrected chi connectivity index (χ1v) is 12.4. The number of thiazole rings is 1. The van der Waals surface area contributed by atoms with Gasteiger partial charge in [0.1, 0.15) is 10.0 Å². The predicted octanol–water partition coefficient (Wildman–Crippen LogP) is 4.79. The van der Waals surface area contributed by atoms with E-state index >= 15 is 0 Å². The second kappa shape index (κ2) is 7.52. The molecule has 4 heterocycles. The molecule has 158 valence electrons. The van der Waals surface area contributed by atoms with Crippen LogP contribution in [0.5, 0.6) is 0 Å². The van der Waals surface area contributed by atoms with E-state index < -0.39 is 10.0 Å². The summed E-state index contributed by atoms with van der Waals surface area (Å²) in [7, 11) is -3.71. The minimum atomic E-state index is -3.71. The molecule has 1 aliphatic rings. The SMILES string of the molecule is Cc1nc(-c2ccc(S(=O)(=O)Nc3ccc(N4CNc5occc5C4=N)cc3)s2)cs1. The second-order valence-corrected chi connectivity index (χ2v) is 10.9. The van der Waals surface area contributed by atoms with Crippen LogP contribution in [0.15, 0.2) is 62.7 Å². The van der Waals surface area contributed by atoms with Crippen molar-refractivity contribution in [2.45, 2.75) is 11.1 Å². The first-order chi connectivity index (χ1) is 14.9. The van der Waals surface area contributed by atoms with Gasteiger partial charge in [0.2, 0.25) is 5.88 Å². The molecule has 8 nitrogen and oxygen atoms in total. The summed E-state index contributed by atoms with van der Waals surface area (Å²) >= 11 is 2.72. The third-order valence-electron chi connectivity index (χ3n) is 4.74. The third-order valence-corrected chi connectivity index (χ3v) is 8.49. The van der Waals surface area contributed by atoms with Crippen LogP contribution in [0, 0.1) is 12.3 Å². The van der Waals surface area contributed by atoms with Crippen molar-refractivity contribution in [2.75, 3.05) is 21.6 Å². The van der Waals surface area contributed by atoms with E-state index in [4.69, 9.17) is 9.83 Å². The van der Waals surface area contributed by atoms with Gasteiger partial charge in [0.05, 0.1) is 34.1 Å². The second-order valence-electron chi connectivity index (χ2n) is 6.80. The summed E-state index contributed by atoms with van der Waals surface area (Å²) in [6.45, 7) is 2.30. The van der Waals surface area contributed by atoms with Crippen molar-refractivity contribution in [3.8, 4) is 10.6 Å². The fourth-order valence-electron chi connectivity index (χ4n) is 3.22. The molecule has 0 amide bonds. The number of aromatic nitrogens is 1. The molecule has 0 fully saturated rings. The number of anilines is 3. The maximum atomic E-state index is 12.8. The lowest BCUT2D eigenvalue weighted by Crippen LogP contribution is -2.39. The Bertz CT molecular complexity index is 1370. The van der Waals surface area contributed by atoms with Gasteiger partial charge < -0.3 is 14.6 Å². The topological polar surface area (TPSA) is 111 Å². The molecular weight excluding hydrogens is 454 g/mol. The lowest BCUT2D eigenvalue weighted by atomic mass is 10.2. The van der Waals surface area contributed by atoms with E-state index in [0.717, 1.165) is 21.3 Å². The summed E-state index contributed by atoms with van der Waals surface area (Å²) in [5, 5.41) is 14.4. The van der Waals surface area contributed by atoms with Gasteiger partial charge in [-0.25, -0.2) is 13.4 Å². The van der Waals surface area contributed by atoms with Gasteiger partial charge in [0.15, 0.2) is 0 Å². The highest BCUT2D eigenvalue weighted by Crippen LogP contribution is 2.33. The number of thiophene rings is 1. The minimum Gasteiger partial charge on any atom is -0.448 e. The third kappa shape index (κ3) is 3.71. The number of benzene rings is 1. The zero-order valence-corrected chi connectivity index (χ0v) is 18.7. The predicted molar refractivity (Wildman–Crippen MR) is 124 cm³/mol. The summed E-state index contributed by atoms with van der Waals surface area (Å²) in [5.41, 5.74) is 2.69. The molecule has 1 aliphatic heterocycles. The van der Waals surface area contributed by atoms with E-state index in [1.165, 1.54) is 22.7 Å². The van der Waals surface area contributed by atoms with Crippen LogP contribution in [0.2, 0.25) is 0 Å². The summed E-state index contributed by atoms with van der Waals surface area (Å²) in [5.74, 6) is 0.896. The molecule has 0 aliphatic carbocycles. The number of hydrogen-bond donors (Lipinski definition) is 3. The van der Waals surface area contributed by atoms with Gasteiger partial charge in [-0.3, -0.25) is 10.1 Å². The Kier molecular flexibility index (Phi) is 4.80. The molecule has 1 aromatic carbocycles. The number of nitrogens with one attached hydrogen (secondary N) is 3. The van der Waals surface area contributed by atoms with Crippen LogP contribution in [-0.4, -0.2) is 25.9 Å². The molecule has 0 unspecified atom stereocenters. The smallest absolute Gasteiger partial charge is 0.271 e. The highest BCUT2D eigenvalue weighted by molar-refractivity contribution is 7.94. The molecule has 0 saturated heterocycles. The minimum absolute atomic E-state index is 0.228. The average Bonchev–Trinajstić information content (AvgIpc) is 3.49. The van der Waals surface area contributed by atoms with Crippen LogP contribution in [0.4, 0.5) is 17.3 Å². The first-order valence-electron chi connectivity index (χ1n) is 9.24. The Labute approximate surface area is 186 Å². The van der Waals surface area contributed by atoms with Gasteiger partial charge >= 0.3 is 0 Å². The van der Waals surface area contributed by atoms with Gasteiger partial charge in [-0.05, 0) is 49.4 Å². The molecule has 0 radical (unpaired) electrons. The number of hydrogen-bond acceptors (Lipinski definition) is 8. The standard InChI is InChI=1S/C20H17N5O3S3/c1-12-23-16(10-29-12)17-6-7-18(30-17)31(26,27)24-13-2-4-14(5-3-13)25-11-22-20-15(19(25)21)8-9-28-20/h2-10,21-22,24H,11H2,1H3. The Morgan fingerprint density at radius 2 is 2.00 bits per heavy atom. The monoisotopic (exact) mass is 471 g/mol. The molecule has 11 heteroatoms. The molecule has 3 aromatic heterocycles. The Hall–Kier alpha value is -3.15. The van der Waals surface area contributed by atoms with Crippen LogP contribution in [0.25, 0.3) is 10.6 Å². The zero-order valence-electron chi connectivity index (χ0n) is 16.2. The highest BCUT2D eigenvalue weighted by Gasteiger charge is 2.24. The Morgan fingerprint density at radius 3 is 2.74 bits per heavy atom. The summed E-state index contributed by atoms with van der Waals surface area (Å²) in [6, 6.07) is 12.0. The average molecular weight is 472 g/mol. The van der Waals surface area contributed by atoms with E-state index in [2.05, 4.69) is 15.0 Å². The fraction of sp³-hybridized carbons (Fsp3) is 0.100. The zero-order chi connectivity index (χ0) is 21.6. The number of sulfonamides is 1. The van der Waals surface area contributed by atoms with E-state index in [0.29, 0.717) is 29.6 Å². The molecule has 0 saturated carbocycles. The van der Waals surface area contributed by atoms with E-state index in [1.54, 1.807) is 53.6 Å². The first kappa shape index (κ1) is 19.8. The Morgan fingerprint density at radius 1 is 1.19 bits per heavy atom. The Balaban J connectivity index is 1.33. The van der Waals surface area contributed by atoms with Gasteiger partial charge in [-0.2, -0.15) is 0 Å². The van der Waals surface area contributed by atoms with Crippen molar-refractivity contribution in [1.82, 2.24) is 4.98 Å². The van der Waals surface area contributed by atoms with Crippen molar-refractivity contribution in [3.05, 3.63) is 64.7 Å². The fourth-order valence-corrected chi connectivity index (χ4v) is 6.23. The number of furan rings is 1. The van der Waals surface area contributed by atoms with Crippen molar-refractivity contribution in [2.24, 2.45) is 0 Å². The summed E-state index contributed by atoms with van der Waals surface area (Å²) in [4.78, 5) is 7.00. The van der Waals surface area contributed by atoms with Gasteiger partial charge in [-0.15, -0.1) is 22.7 Å². The molecular formula is C20H17N5O3S3. The number of nitrogens with zero attached hydrogens (tertiary/aromatic N) is 2. The van der Waals surface area contributed by atoms with Gasteiger partial charge in [0.25, 0.3) is 10.0 Å². The summed E-state index contributed by atoms with van der Waals surface area (Å²) in [6.07, 6.45) is 1.54. The van der Waals surface area contributed by atoms with Crippen molar-refractivity contribution < 1.29 is 12.8 Å². The van der Waals surface area contributed by atoms with Crippen molar-refractivity contribution in [3.63, 3.8) is 0 Å². The summed E-state index contributed by atoms with van der Waals surface area (Å²) < 4.78 is 33.8. The number of fused-ring (bicyclic) bond motifs is 1. The normalized spacial score (nSPS) is 13.7. The van der Waals surface area contributed by atoms with Crippen LogP contribution in [0.1, 0.15) is 10.6 Å². The van der Waals surface area contributed by atoms with Crippen LogP contribution in [0.3, 0.4) is 0 Å². The molecule has 0 atom stereocenters. The molecule has 3 N–H and O–H groups in total. The lowest BCUT2D eigenvalue weighted by Gasteiger charge is -2.29. The number of amidine groups is 1. The van der Waals surface area contributed by atoms with Crippen molar-refractivity contribution >= 4 is 55.8 Å². The maximum Gasteiger partial charge on any atom is 0.271 e. The largest absolute Gasteiger partial charge is 0.448 e. The van der Waals surface area contributed by atoms with E-state index in [-0.39, 0.29) is 4.21 Å².